The van der Waals surface area contributed by atoms with Crippen molar-refractivity contribution in [3.63, 3.8) is 0 Å². The van der Waals surface area contributed by atoms with Gasteiger partial charge in [-0.3, -0.25) is 4.79 Å². The lowest BCUT2D eigenvalue weighted by Crippen LogP contribution is -1.90. The molecule has 0 saturated carbocycles. The van der Waals surface area contributed by atoms with Crippen molar-refractivity contribution < 1.29 is 13.9 Å². The molecule has 0 heterocycles. The van der Waals surface area contributed by atoms with Gasteiger partial charge in [0.25, 0.3) is 0 Å². The van der Waals surface area contributed by atoms with Gasteiger partial charge >= 0.3 is 0 Å². The lowest BCUT2D eigenvalue weighted by molar-refractivity contribution is 0.112. The third kappa shape index (κ3) is 2.90. The number of ether oxygens (including phenoxy) is 1. The van der Waals surface area contributed by atoms with Crippen LogP contribution < -0.4 is 4.74 Å². The van der Waals surface area contributed by atoms with E-state index < -0.39 is 5.82 Å². The van der Waals surface area contributed by atoms with E-state index in [1.54, 1.807) is 23.9 Å². The summed E-state index contributed by atoms with van der Waals surface area (Å²) < 4.78 is 19.0. The molecular formula is C14H11FO2S. The van der Waals surface area contributed by atoms with E-state index in [-0.39, 0.29) is 11.3 Å². The second-order valence-electron chi connectivity index (χ2n) is 3.59. The van der Waals surface area contributed by atoms with Crippen LogP contribution >= 0.6 is 11.8 Å². The standard InChI is InChI=1S/C14H11FO2S/c1-18-12-5-3-11(4-6-12)17-14-7-2-10(9-16)8-13(14)15/h2-9H,1H3. The number of carbonyl (C=O) groups is 1. The number of benzene rings is 2. The average Bonchev–Trinajstić information content (AvgIpc) is 2.42. The molecule has 0 bridgehead atoms. The first-order chi connectivity index (χ1) is 8.72. The minimum Gasteiger partial charge on any atom is -0.454 e. The van der Waals surface area contributed by atoms with Crippen LogP contribution in [0.3, 0.4) is 0 Å². The Morgan fingerprint density at radius 3 is 2.44 bits per heavy atom. The number of carbonyl (C=O) groups excluding carboxylic acids is 1. The van der Waals surface area contributed by atoms with E-state index in [9.17, 15) is 9.18 Å². The molecule has 0 aliphatic heterocycles. The number of halogens is 1. The monoisotopic (exact) mass is 262 g/mol. The lowest BCUT2D eigenvalue weighted by atomic mass is 10.2. The summed E-state index contributed by atoms with van der Waals surface area (Å²) in [6.45, 7) is 0. The van der Waals surface area contributed by atoms with Crippen LogP contribution in [-0.2, 0) is 0 Å². The van der Waals surface area contributed by atoms with Gasteiger partial charge in [0.15, 0.2) is 11.6 Å². The van der Waals surface area contributed by atoms with Gasteiger partial charge in [-0.05, 0) is 48.7 Å². The van der Waals surface area contributed by atoms with Crippen molar-refractivity contribution in [2.24, 2.45) is 0 Å². The number of hydrogen-bond acceptors (Lipinski definition) is 3. The van der Waals surface area contributed by atoms with Crippen LogP contribution in [0.5, 0.6) is 11.5 Å². The van der Waals surface area contributed by atoms with Crippen LogP contribution in [0.2, 0.25) is 0 Å². The summed E-state index contributed by atoms with van der Waals surface area (Å²) >= 11 is 1.62. The Labute approximate surface area is 109 Å². The molecular weight excluding hydrogens is 251 g/mol. The molecule has 0 aliphatic carbocycles. The van der Waals surface area contributed by atoms with E-state index in [0.717, 1.165) is 11.0 Å². The van der Waals surface area contributed by atoms with Gasteiger partial charge in [-0.25, -0.2) is 4.39 Å². The van der Waals surface area contributed by atoms with Gasteiger partial charge in [-0.2, -0.15) is 0 Å². The molecule has 2 aromatic carbocycles. The summed E-state index contributed by atoms with van der Waals surface area (Å²) in [5.41, 5.74) is 0.289. The maximum absolute atomic E-state index is 13.6. The predicted molar refractivity (Wildman–Crippen MR) is 70.1 cm³/mol. The number of rotatable bonds is 4. The molecule has 0 aliphatic rings. The first kappa shape index (κ1) is 12.6. The Morgan fingerprint density at radius 2 is 1.89 bits per heavy atom. The Bertz CT molecular complexity index is 552. The summed E-state index contributed by atoms with van der Waals surface area (Å²) in [5.74, 6) is 0.122. The topological polar surface area (TPSA) is 26.3 Å². The van der Waals surface area contributed by atoms with Crippen molar-refractivity contribution in [3.05, 3.63) is 53.8 Å². The molecule has 0 saturated heterocycles. The van der Waals surface area contributed by atoms with Crippen molar-refractivity contribution >= 4 is 18.0 Å². The normalized spacial score (nSPS) is 10.1. The van der Waals surface area contributed by atoms with Gasteiger partial charge in [-0.1, -0.05) is 0 Å². The van der Waals surface area contributed by atoms with E-state index in [1.165, 1.54) is 12.1 Å². The Balaban J connectivity index is 2.19. The van der Waals surface area contributed by atoms with E-state index in [1.807, 2.05) is 18.4 Å². The maximum Gasteiger partial charge on any atom is 0.166 e. The van der Waals surface area contributed by atoms with E-state index in [2.05, 4.69) is 0 Å². The molecule has 0 amide bonds. The SMILES string of the molecule is CSc1ccc(Oc2ccc(C=O)cc2F)cc1. The zero-order valence-electron chi connectivity index (χ0n) is 9.72. The molecule has 0 atom stereocenters. The largest absolute Gasteiger partial charge is 0.454 e. The molecule has 0 spiro atoms. The Morgan fingerprint density at radius 1 is 1.17 bits per heavy atom. The van der Waals surface area contributed by atoms with Gasteiger partial charge in [0.1, 0.15) is 12.0 Å². The van der Waals surface area contributed by atoms with Gasteiger partial charge in [-0.15, -0.1) is 11.8 Å². The van der Waals surface area contributed by atoms with Crippen molar-refractivity contribution in [2.75, 3.05) is 6.26 Å². The molecule has 2 nitrogen and oxygen atoms in total. The second kappa shape index (κ2) is 5.69. The summed E-state index contributed by atoms with van der Waals surface area (Å²) in [7, 11) is 0. The third-order valence-corrected chi connectivity index (χ3v) is 3.12. The first-order valence-electron chi connectivity index (χ1n) is 5.29. The van der Waals surface area contributed by atoms with Crippen LogP contribution in [0.1, 0.15) is 10.4 Å². The molecule has 0 N–H and O–H groups in total. The highest BCUT2D eigenvalue weighted by Gasteiger charge is 2.05. The fourth-order valence-electron chi connectivity index (χ4n) is 1.44. The fourth-order valence-corrected chi connectivity index (χ4v) is 1.85. The first-order valence-corrected chi connectivity index (χ1v) is 6.52. The van der Waals surface area contributed by atoms with Crippen LogP contribution in [0.4, 0.5) is 4.39 Å². The third-order valence-electron chi connectivity index (χ3n) is 2.38. The Hall–Kier alpha value is -1.81. The molecule has 0 radical (unpaired) electrons. The number of thioether (sulfide) groups is 1. The molecule has 2 aromatic rings. The van der Waals surface area contributed by atoms with Gasteiger partial charge in [0, 0.05) is 10.5 Å². The summed E-state index contributed by atoms with van der Waals surface area (Å²) in [4.78, 5) is 11.6. The lowest BCUT2D eigenvalue weighted by Gasteiger charge is -2.07. The molecule has 0 aromatic heterocycles. The Kier molecular flexibility index (Phi) is 3.99. The van der Waals surface area contributed by atoms with E-state index in [0.29, 0.717) is 12.0 Å². The van der Waals surface area contributed by atoms with Crippen LogP contribution in [0, 0.1) is 5.82 Å². The van der Waals surface area contributed by atoms with E-state index >= 15 is 0 Å². The maximum atomic E-state index is 13.6. The van der Waals surface area contributed by atoms with Crippen molar-refractivity contribution in [1.82, 2.24) is 0 Å². The molecule has 4 heteroatoms. The minimum atomic E-state index is -0.548. The molecule has 0 fully saturated rings. The highest BCUT2D eigenvalue weighted by molar-refractivity contribution is 7.98. The highest BCUT2D eigenvalue weighted by Crippen LogP contribution is 2.26. The van der Waals surface area contributed by atoms with Crippen molar-refractivity contribution in [2.45, 2.75) is 4.90 Å². The van der Waals surface area contributed by atoms with Crippen molar-refractivity contribution in [3.8, 4) is 11.5 Å². The minimum absolute atomic E-state index is 0.109. The quantitative estimate of drug-likeness (QED) is 0.611. The van der Waals surface area contributed by atoms with Crippen molar-refractivity contribution in [1.29, 1.82) is 0 Å². The smallest absolute Gasteiger partial charge is 0.166 e. The molecule has 2 rings (SSSR count). The average molecular weight is 262 g/mol. The zero-order chi connectivity index (χ0) is 13.0. The molecule has 18 heavy (non-hydrogen) atoms. The van der Waals surface area contributed by atoms with Crippen LogP contribution in [0.15, 0.2) is 47.4 Å². The van der Waals surface area contributed by atoms with Gasteiger partial charge in [0.05, 0.1) is 0 Å². The number of aldehydes is 1. The van der Waals surface area contributed by atoms with Crippen LogP contribution in [-0.4, -0.2) is 12.5 Å². The predicted octanol–water partition coefficient (Wildman–Crippen LogP) is 4.15. The van der Waals surface area contributed by atoms with E-state index in [4.69, 9.17) is 4.74 Å². The molecule has 0 unspecified atom stereocenters. The van der Waals surface area contributed by atoms with Gasteiger partial charge in [0.2, 0.25) is 0 Å². The van der Waals surface area contributed by atoms with Gasteiger partial charge < -0.3 is 4.74 Å². The summed E-state index contributed by atoms with van der Waals surface area (Å²) in [6, 6.07) is 11.5. The molecule has 92 valence electrons. The summed E-state index contributed by atoms with van der Waals surface area (Å²) in [5, 5.41) is 0. The van der Waals surface area contributed by atoms with Crippen LogP contribution in [0.25, 0.3) is 0 Å². The summed E-state index contributed by atoms with van der Waals surface area (Å²) in [6.07, 6.45) is 2.58. The fraction of sp³-hybridized carbons (Fsp3) is 0.0714. The highest BCUT2D eigenvalue weighted by atomic mass is 32.2. The number of hydrogen-bond donors (Lipinski definition) is 0. The zero-order valence-corrected chi connectivity index (χ0v) is 10.5. The second-order valence-corrected chi connectivity index (χ2v) is 4.46.